The molecule has 172 valence electrons. The lowest BCUT2D eigenvalue weighted by atomic mass is 10.1. The van der Waals surface area contributed by atoms with Crippen LogP contribution in [0.4, 0.5) is 0 Å². The van der Waals surface area contributed by atoms with Crippen molar-refractivity contribution in [3.8, 4) is 0 Å². The molecule has 0 aliphatic carbocycles. The molecule has 2 unspecified atom stereocenters. The van der Waals surface area contributed by atoms with Crippen LogP contribution in [-0.2, 0) is 22.6 Å². The van der Waals surface area contributed by atoms with Crippen LogP contribution in [0.15, 0.2) is 29.3 Å². The van der Waals surface area contributed by atoms with Gasteiger partial charge in [-0.05, 0) is 37.3 Å². The zero-order valence-electron chi connectivity index (χ0n) is 19.3. The molecule has 2 rings (SSSR count). The minimum atomic E-state index is 0. The molecule has 30 heavy (non-hydrogen) atoms. The van der Waals surface area contributed by atoms with Crippen LogP contribution < -0.4 is 10.6 Å². The van der Waals surface area contributed by atoms with E-state index in [1.165, 1.54) is 11.1 Å². The average molecular weight is 533 g/mol. The summed E-state index contributed by atoms with van der Waals surface area (Å²) in [5.41, 5.74) is 2.59. The molecule has 1 aliphatic heterocycles. The monoisotopic (exact) mass is 532 g/mol. The molecule has 1 aromatic rings. The van der Waals surface area contributed by atoms with E-state index in [2.05, 4.69) is 72.5 Å². The van der Waals surface area contributed by atoms with Crippen molar-refractivity contribution in [2.75, 3.05) is 39.9 Å². The van der Waals surface area contributed by atoms with E-state index >= 15 is 0 Å². The summed E-state index contributed by atoms with van der Waals surface area (Å²) in [7, 11) is 1.79. The van der Waals surface area contributed by atoms with Crippen LogP contribution in [0.1, 0.15) is 45.2 Å². The summed E-state index contributed by atoms with van der Waals surface area (Å²) < 4.78 is 11.5. The van der Waals surface area contributed by atoms with Crippen molar-refractivity contribution in [2.24, 2.45) is 10.9 Å². The SMILES string of the molecule is CN=C(NCCOCCC(C)C)NCc1ccc(CN2CC(C)OC(C)C2)cc1.I. The molecule has 1 saturated heterocycles. The van der Waals surface area contributed by atoms with Crippen molar-refractivity contribution >= 4 is 29.9 Å². The van der Waals surface area contributed by atoms with Gasteiger partial charge in [0.05, 0.1) is 18.8 Å². The predicted octanol–water partition coefficient (Wildman–Crippen LogP) is 3.64. The summed E-state index contributed by atoms with van der Waals surface area (Å²) in [4.78, 5) is 6.75. The number of nitrogens with zero attached hydrogens (tertiary/aromatic N) is 2. The highest BCUT2D eigenvalue weighted by Gasteiger charge is 2.21. The fourth-order valence-electron chi connectivity index (χ4n) is 3.50. The second kappa shape index (κ2) is 15.0. The molecule has 2 N–H and O–H groups in total. The highest BCUT2D eigenvalue weighted by Crippen LogP contribution is 2.14. The van der Waals surface area contributed by atoms with Crippen LogP contribution in [0.3, 0.4) is 0 Å². The van der Waals surface area contributed by atoms with Gasteiger partial charge in [0.1, 0.15) is 0 Å². The first-order valence-electron chi connectivity index (χ1n) is 10.9. The number of guanidine groups is 1. The predicted molar refractivity (Wildman–Crippen MR) is 136 cm³/mol. The van der Waals surface area contributed by atoms with E-state index in [4.69, 9.17) is 9.47 Å². The van der Waals surface area contributed by atoms with Gasteiger partial charge in [0.25, 0.3) is 0 Å². The van der Waals surface area contributed by atoms with E-state index in [9.17, 15) is 0 Å². The van der Waals surface area contributed by atoms with Crippen molar-refractivity contribution in [2.45, 2.75) is 59.4 Å². The number of morpholine rings is 1. The van der Waals surface area contributed by atoms with E-state index in [0.717, 1.165) is 51.7 Å². The normalized spacial score (nSPS) is 20.1. The first-order chi connectivity index (χ1) is 14.0. The molecule has 6 nitrogen and oxygen atoms in total. The van der Waals surface area contributed by atoms with Gasteiger partial charge in [-0.25, -0.2) is 0 Å². The number of hydrogen-bond acceptors (Lipinski definition) is 4. The molecular weight excluding hydrogens is 491 g/mol. The number of hydrogen-bond donors (Lipinski definition) is 2. The van der Waals surface area contributed by atoms with Crippen LogP contribution in [-0.4, -0.2) is 63.0 Å². The van der Waals surface area contributed by atoms with E-state index in [1.807, 2.05) is 0 Å². The molecular formula is C23H41IN4O2. The zero-order chi connectivity index (χ0) is 21.1. The molecule has 2 atom stereocenters. The Bertz CT molecular complexity index is 600. The van der Waals surface area contributed by atoms with Gasteiger partial charge in [-0.2, -0.15) is 0 Å². The highest BCUT2D eigenvalue weighted by molar-refractivity contribution is 14.0. The van der Waals surface area contributed by atoms with Crippen LogP contribution in [0.2, 0.25) is 0 Å². The topological polar surface area (TPSA) is 58.1 Å². The second-order valence-corrected chi connectivity index (χ2v) is 8.42. The van der Waals surface area contributed by atoms with Gasteiger partial charge in [0.2, 0.25) is 0 Å². The summed E-state index contributed by atoms with van der Waals surface area (Å²) >= 11 is 0. The number of nitrogens with one attached hydrogen (secondary N) is 2. The molecule has 0 amide bonds. The van der Waals surface area contributed by atoms with Gasteiger partial charge in [-0.15, -0.1) is 24.0 Å². The Morgan fingerprint density at radius 2 is 1.73 bits per heavy atom. The van der Waals surface area contributed by atoms with E-state index < -0.39 is 0 Å². The summed E-state index contributed by atoms with van der Waals surface area (Å²) in [5.74, 6) is 1.49. The summed E-state index contributed by atoms with van der Waals surface area (Å²) in [6.07, 6.45) is 1.72. The van der Waals surface area contributed by atoms with Crippen LogP contribution in [0.25, 0.3) is 0 Å². The number of benzene rings is 1. The molecule has 1 aliphatic rings. The van der Waals surface area contributed by atoms with Gasteiger partial charge >= 0.3 is 0 Å². The third-order valence-electron chi connectivity index (χ3n) is 4.99. The Morgan fingerprint density at radius 1 is 1.10 bits per heavy atom. The molecule has 1 fully saturated rings. The summed E-state index contributed by atoms with van der Waals surface area (Å²) in [5, 5.41) is 6.66. The van der Waals surface area contributed by atoms with Crippen molar-refractivity contribution < 1.29 is 9.47 Å². The Balaban J connectivity index is 0.00000450. The highest BCUT2D eigenvalue weighted by atomic mass is 127. The summed E-state index contributed by atoms with van der Waals surface area (Å²) in [6, 6.07) is 8.83. The van der Waals surface area contributed by atoms with Crippen molar-refractivity contribution in [3.05, 3.63) is 35.4 Å². The Labute approximate surface area is 200 Å². The maximum Gasteiger partial charge on any atom is 0.191 e. The molecule has 7 heteroatoms. The Kier molecular flexibility index (Phi) is 13.6. The van der Waals surface area contributed by atoms with Gasteiger partial charge in [0.15, 0.2) is 5.96 Å². The van der Waals surface area contributed by atoms with Gasteiger partial charge in [0, 0.05) is 46.4 Å². The number of aliphatic imine (C=N–C) groups is 1. The third kappa shape index (κ3) is 10.9. The van der Waals surface area contributed by atoms with Crippen molar-refractivity contribution in [3.63, 3.8) is 0 Å². The number of rotatable bonds is 10. The largest absolute Gasteiger partial charge is 0.380 e. The number of halogens is 1. The first kappa shape index (κ1) is 27.1. The van der Waals surface area contributed by atoms with Crippen molar-refractivity contribution in [1.29, 1.82) is 0 Å². The fourth-order valence-corrected chi connectivity index (χ4v) is 3.50. The Morgan fingerprint density at radius 3 is 2.33 bits per heavy atom. The Hall–Kier alpha value is -0.900. The maximum atomic E-state index is 5.82. The minimum Gasteiger partial charge on any atom is -0.380 e. The number of ether oxygens (including phenoxy) is 2. The summed E-state index contributed by atoms with van der Waals surface area (Å²) in [6.45, 7) is 14.7. The molecule has 0 bridgehead atoms. The van der Waals surface area contributed by atoms with Crippen LogP contribution >= 0.6 is 24.0 Å². The maximum absolute atomic E-state index is 5.82. The van der Waals surface area contributed by atoms with E-state index in [1.54, 1.807) is 7.05 Å². The van der Waals surface area contributed by atoms with Crippen molar-refractivity contribution in [1.82, 2.24) is 15.5 Å². The van der Waals surface area contributed by atoms with Gasteiger partial charge < -0.3 is 20.1 Å². The lowest BCUT2D eigenvalue weighted by Gasteiger charge is -2.35. The molecule has 0 saturated carbocycles. The third-order valence-corrected chi connectivity index (χ3v) is 4.99. The minimum absolute atomic E-state index is 0. The first-order valence-corrected chi connectivity index (χ1v) is 10.9. The average Bonchev–Trinajstić information content (AvgIpc) is 2.67. The van der Waals surface area contributed by atoms with Gasteiger partial charge in [-0.3, -0.25) is 9.89 Å². The molecule has 0 spiro atoms. The second-order valence-electron chi connectivity index (χ2n) is 8.42. The lowest BCUT2D eigenvalue weighted by Crippen LogP contribution is -2.44. The quantitative estimate of drug-likeness (QED) is 0.209. The zero-order valence-corrected chi connectivity index (χ0v) is 21.6. The van der Waals surface area contributed by atoms with E-state index in [0.29, 0.717) is 24.7 Å². The van der Waals surface area contributed by atoms with Crippen LogP contribution in [0, 0.1) is 5.92 Å². The molecule has 1 heterocycles. The lowest BCUT2D eigenvalue weighted by molar-refractivity contribution is -0.0704. The molecule has 0 radical (unpaired) electrons. The standard InChI is InChI=1S/C23H40N4O2.HI/c1-18(2)10-12-28-13-11-25-23(24-5)26-14-21-6-8-22(9-7-21)17-27-15-19(3)29-20(4)16-27;/h6-9,18-20H,10-17H2,1-5H3,(H2,24,25,26);1H. The smallest absolute Gasteiger partial charge is 0.191 e. The molecule has 1 aromatic carbocycles. The fraction of sp³-hybridized carbons (Fsp3) is 0.696. The van der Waals surface area contributed by atoms with Crippen LogP contribution in [0.5, 0.6) is 0 Å². The van der Waals surface area contributed by atoms with E-state index in [-0.39, 0.29) is 24.0 Å². The molecule has 0 aromatic heterocycles. The van der Waals surface area contributed by atoms with Gasteiger partial charge in [-0.1, -0.05) is 38.1 Å².